The fourth-order valence-electron chi connectivity index (χ4n) is 2.20. The fraction of sp³-hybridized carbons (Fsp3) is 0.571. The van der Waals surface area contributed by atoms with Gasteiger partial charge in [-0.25, -0.2) is 0 Å². The zero-order valence-corrected chi connectivity index (χ0v) is 10.9. The second-order valence-corrected chi connectivity index (χ2v) is 4.68. The largest absolute Gasteiger partial charge is 0.497 e. The number of nitrogens with one attached hydrogen (secondary N) is 1. The van der Waals surface area contributed by atoms with Crippen LogP contribution >= 0.6 is 0 Å². The molecule has 4 heteroatoms. The minimum atomic E-state index is 0.359. The van der Waals surface area contributed by atoms with Gasteiger partial charge >= 0.3 is 0 Å². The predicted octanol–water partition coefficient (Wildman–Crippen LogP) is 1.94. The van der Waals surface area contributed by atoms with Crippen LogP contribution in [0.15, 0.2) is 18.2 Å². The van der Waals surface area contributed by atoms with E-state index in [-0.39, 0.29) is 0 Å². The molecule has 0 spiro atoms. The van der Waals surface area contributed by atoms with Crippen LogP contribution in [-0.2, 0) is 11.3 Å². The normalized spacial score (nSPS) is 19.7. The predicted molar refractivity (Wildman–Crippen MR) is 72.7 cm³/mol. The summed E-state index contributed by atoms with van der Waals surface area (Å²) >= 11 is 0. The molecule has 1 saturated heterocycles. The standard InChI is InChI=1S/C14H22N2O2/c1-17-12-6-5-11(14(15)8-12)9-16-10-13-4-2-3-7-18-13/h5-6,8,13,16H,2-4,7,9-10,15H2,1H3. The average molecular weight is 250 g/mol. The molecule has 1 atom stereocenters. The summed E-state index contributed by atoms with van der Waals surface area (Å²) in [7, 11) is 1.65. The minimum absolute atomic E-state index is 0.359. The van der Waals surface area contributed by atoms with Crippen molar-refractivity contribution in [2.24, 2.45) is 0 Å². The molecule has 0 aromatic heterocycles. The van der Waals surface area contributed by atoms with Crippen LogP contribution in [0.3, 0.4) is 0 Å². The van der Waals surface area contributed by atoms with Crippen molar-refractivity contribution in [1.29, 1.82) is 0 Å². The molecule has 1 fully saturated rings. The van der Waals surface area contributed by atoms with E-state index in [1.165, 1.54) is 12.8 Å². The third-order valence-electron chi connectivity index (χ3n) is 3.31. The van der Waals surface area contributed by atoms with Gasteiger partial charge in [-0.2, -0.15) is 0 Å². The molecule has 1 aliphatic heterocycles. The van der Waals surface area contributed by atoms with Crippen LogP contribution in [-0.4, -0.2) is 26.4 Å². The average Bonchev–Trinajstić information content (AvgIpc) is 2.42. The molecule has 1 aromatic rings. The molecule has 0 amide bonds. The molecule has 1 aliphatic rings. The molecule has 1 unspecified atom stereocenters. The second kappa shape index (κ2) is 6.61. The smallest absolute Gasteiger partial charge is 0.120 e. The minimum Gasteiger partial charge on any atom is -0.497 e. The molecule has 0 bridgehead atoms. The lowest BCUT2D eigenvalue weighted by molar-refractivity contribution is 0.0168. The van der Waals surface area contributed by atoms with Gasteiger partial charge in [0.15, 0.2) is 0 Å². The van der Waals surface area contributed by atoms with Gasteiger partial charge < -0.3 is 20.5 Å². The van der Waals surface area contributed by atoms with Crippen molar-refractivity contribution in [2.45, 2.75) is 31.9 Å². The summed E-state index contributed by atoms with van der Waals surface area (Å²) in [5.74, 6) is 0.798. The Balaban J connectivity index is 1.79. The highest BCUT2D eigenvalue weighted by Crippen LogP contribution is 2.19. The lowest BCUT2D eigenvalue weighted by Gasteiger charge is -2.23. The highest BCUT2D eigenvalue weighted by Gasteiger charge is 2.13. The van der Waals surface area contributed by atoms with Crippen LogP contribution in [0.2, 0.25) is 0 Å². The lowest BCUT2D eigenvalue weighted by Crippen LogP contribution is -2.31. The van der Waals surface area contributed by atoms with Crippen molar-refractivity contribution < 1.29 is 9.47 Å². The Morgan fingerprint density at radius 1 is 1.44 bits per heavy atom. The van der Waals surface area contributed by atoms with E-state index in [0.717, 1.165) is 43.1 Å². The van der Waals surface area contributed by atoms with Crippen molar-refractivity contribution >= 4 is 5.69 Å². The van der Waals surface area contributed by atoms with Crippen LogP contribution in [0.25, 0.3) is 0 Å². The Morgan fingerprint density at radius 2 is 2.33 bits per heavy atom. The van der Waals surface area contributed by atoms with Crippen LogP contribution in [0.4, 0.5) is 5.69 Å². The molecule has 0 radical (unpaired) electrons. The van der Waals surface area contributed by atoms with Gasteiger partial charge in [0.05, 0.1) is 13.2 Å². The second-order valence-electron chi connectivity index (χ2n) is 4.68. The summed E-state index contributed by atoms with van der Waals surface area (Å²) in [5.41, 5.74) is 7.84. The highest BCUT2D eigenvalue weighted by atomic mass is 16.5. The summed E-state index contributed by atoms with van der Waals surface area (Å²) in [6.45, 7) is 2.57. The molecule has 1 heterocycles. The number of anilines is 1. The maximum absolute atomic E-state index is 5.96. The van der Waals surface area contributed by atoms with E-state index in [0.29, 0.717) is 6.10 Å². The van der Waals surface area contributed by atoms with E-state index in [1.807, 2.05) is 18.2 Å². The van der Waals surface area contributed by atoms with Crippen LogP contribution in [0, 0.1) is 0 Å². The molecule has 4 nitrogen and oxygen atoms in total. The van der Waals surface area contributed by atoms with Gasteiger partial charge in [-0.1, -0.05) is 6.07 Å². The summed E-state index contributed by atoms with van der Waals surface area (Å²) in [5, 5.41) is 3.40. The third-order valence-corrected chi connectivity index (χ3v) is 3.31. The van der Waals surface area contributed by atoms with Gasteiger partial charge in [-0.05, 0) is 30.9 Å². The third kappa shape index (κ3) is 3.62. The number of hydrogen-bond acceptors (Lipinski definition) is 4. The number of rotatable bonds is 5. The molecular weight excluding hydrogens is 228 g/mol. The van der Waals surface area contributed by atoms with E-state index in [1.54, 1.807) is 7.11 Å². The van der Waals surface area contributed by atoms with Crippen LogP contribution < -0.4 is 15.8 Å². The highest BCUT2D eigenvalue weighted by molar-refractivity contribution is 5.51. The molecule has 2 rings (SSSR count). The Hall–Kier alpha value is -1.26. The van der Waals surface area contributed by atoms with Crippen LogP contribution in [0.1, 0.15) is 24.8 Å². The van der Waals surface area contributed by atoms with Gasteiger partial charge in [0.2, 0.25) is 0 Å². The number of ether oxygens (including phenoxy) is 2. The number of benzene rings is 1. The molecule has 0 saturated carbocycles. The van der Waals surface area contributed by atoms with E-state index < -0.39 is 0 Å². The summed E-state index contributed by atoms with van der Waals surface area (Å²) in [4.78, 5) is 0. The first-order chi connectivity index (χ1) is 8.79. The molecule has 0 aliphatic carbocycles. The number of methoxy groups -OCH3 is 1. The van der Waals surface area contributed by atoms with E-state index in [2.05, 4.69) is 5.32 Å². The first kappa shape index (κ1) is 13.2. The zero-order chi connectivity index (χ0) is 12.8. The number of hydrogen-bond donors (Lipinski definition) is 2. The van der Waals surface area contributed by atoms with Gasteiger partial charge in [0, 0.05) is 31.5 Å². The van der Waals surface area contributed by atoms with E-state index in [4.69, 9.17) is 15.2 Å². The Bertz CT molecular complexity index is 376. The summed E-state index contributed by atoms with van der Waals surface area (Å²) in [6, 6.07) is 5.79. The first-order valence-corrected chi connectivity index (χ1v) is 6.54. The Labute approximate surface area is 108 Å². The Morgan fingerprint density at radius 3 is 3.00 bits per heavy atom. The van der Waals surface area contributed by atoms with Crippen molar-refractivity contribution in [3.63, 3.8) is 0 Å². The number of nitrogens with two attached hydrogens (primary N) is 1. The lowest BCUT2D eigenvalue weighted by atomic mass is 10.1. The van der Waals surface area contributed by atoms with Crippen LogP contribution in [0.5, 0.6) is 5.75 Å². The van der Waals surface area contributed by atoms with Gasteiger partial charge in [-0.3, -0.25) is 0 Å². The molecular formula is C14H22N2O2. The van der Waals surface area contributed by atoms with Gasteiger partial charge in [0.1, 0.15) is 5.75 Å². The van der Waals surface area contributed by atoms with Crippen molar-refractivity contribution in [2.75, 3.05) is 26.0 Å². The summed E-state index contributed by atoms with van der Waals surface area (Å²) < 4.78 is 10.8. The Kier molecular flexibility index (Phi) is 4.84. The quantitative estimate of drug-likeness (QED) is 0.784. The van der Waals surface area contributed by atoms with Crippen molar-refractivity contribution in [3.05, 3.63) is 23.8 Å². The molecule has 3 N–H and O–H groups in total. The topological polar surface area (TPSA) is 56.5 Å². The molecule has 100 valence electrons. The fourth-order valence-corrected chi connectivity index (χ4v) is 2.20. The van der Waals surface area contributed by atoms with Crippen molar-refractivity contribution in [3.8, 4) is 5.75 Å². The maximum atomic E-state index is 5.96. The first-order valence-electron chi connectivity index (χ1n) is 6.54. The van der Waals surface area contributed by atoms with Gasteiger partial charge in [0.25, 0.3) is 0 Å². The monoisotopic (exact) mass is 250 g/mol. The SMILES string of the molecule is COc1ccc(CNCC2CCCCO2)c(N)c1. The molecule has 1 aromatic carbocycles. The maximum Gasteiger partial charge on any atom is 0.120 e. The number of nitrogen functional groups attached to an aromatic ring is 1. The summed E-state index contributed by atoms with van der Waals surface area (Å²) in [6.07, 6.45) is 3.99. The van der Waals surface area contributed by atoms with E-state index in [9.17, 15) is 0 Å². The van der Waals surface area contributed by atoms with E-state index >= 15 is 0 Å². The molecule has 18 heavy (non-hydrogen) atoms. The van der Waals surface area contributed by atoms with Crippen molar-refractivity contribution in [1.82, 2.24) is 5.32 Å². The zero-order valence-electron chi connectivity index (χ0n) is 10.9. The van der Waals surface area contributed by atoms with Gasteiger partial charge in [-0.15, -0.1) is 0 Å².